The van der Waals surface area contributed by atoms with Crippen molar-refractivity contribution in [1.29, 1.82) is 0 Å². The van der Waals surface area contributed by atoms with E-state index in [9.17, 15) is 4.79 Å². The summed E-state index contributed by atoms with van der Waals surface area (Å²) in [4.78, 5) is 11.4. The predicted molar refractivity (Wildman–Crippen MR) is 62.5 cm³/mol. The lowest BCUT2D eigenvalue weighted by molar-refractivity contribution is -0.121. The summed E-state index contributed by atoms with van der Waals surface area (Å²) in [6.45, 7) is 3.91. The van der Waals surface area contributed by atoms with Crippen LogP contribution in [0.5, 0.6) is 0 Å². The Balaban J connectivity index is 2.44. The van der Waals surface area contributed by atoms with Crippen LogP contribution in [0.3, 0.4) is 0 Å². The summed E-state index contributed by atoms with van der Waals surface area (Å²) >= 11 is 0. The molecule has 0 spiro atoms. The Morgan fingerprint density at radius 1 is 1.40 bits per heavy atom. The molecule has 0 aliphatic heterocycles. The minimum Gasteiger partial charge on any atom is -0.399 e. The van der Waals surface area contributed by atoms with E-state index in [1.807, 2.05) is 38.1 Å². The lowest BCUT2D eigenvalue weighted by Gasteiger charge is -2.08. The smallest absolute Gasteiger partial charge is 0.220 e. The van der Waals surface area contributed by atoms with E-state index in [1.165, 1.54) is 0 Å². The first-order valence-corrected chi connectivity index (χ1v) is 5.22. The van der Waals surface area contributed by atoms with E-state index in [1.54, 1.807) is 0 Å². The summed E-state index contributed by atoms with van der Waals surface area (Å²) in [5, 5.41) is 2.85. The number of hydrogen-bond donors (Lipinski definition) is 2. The van der Waals surface area contributed by atoms with E-state index < -0.39 is 0 Å². The van der Waals surface area contributed by atoms with Crippen LogP contribution in [0.4, 0.5) is 5.69 Å². The maximum atomic E-state index is 11.4. The van der Waals surface area contributed by atoms with Crippen molar-refractivity contribution in [2.75, 3.05) is 5.73 Å². The van der Waals surface area contributed by atoms with Crippen molar-refractivity contribution in [1.82, 2.24) is 5.32 Å². The SMILES string of the molecule is CC(C)NC(=O)CCc1ccccc1N. The third-order valence-corrected chi connectivity index (χ3v) is 2.13. The third-order valence-electron chi connectivity index (χ3n) is 2.13. The van der Waals surface area contributed by atoms with Crippen LogP contribution in [0.1, 0.15) is 25.8 Å². The number of amides is 1. The summed E-state index contributed by atoms with van der Waals surface area (Å²) in [6, 6.07) is 7.85. The summed E-state index contributed by atoms with van der Waals surface area (Å²) in [5.41, 5.74) is 7.57. The molecule has 0 aliphatic carbocycles. The van der Waals surface area contributed by atoms with Crippen LogP contribution in [-0.4, -0.2) is 11.9 Å². The van der Waals surface area contributed by atoms with Gasteiger partial charge < -0.3 is 11.1 Å². The molecule has 0 heterocycles. The Labute approximate surface area is 90.7 Å². The van der Waals surface area contributed by atoms with Gasteiger partial charge in [0.1, 0.15) is 0 Å². The highest BCUT2D eigenvalue weighted by molar-refractivity contribution is 5.76. The molecule has 1 rings (SSSR count). The van der Waals surface area contributed by atoms with Crippen LogP contribution in [0.15, 0.2) is 24.3 Å². The number of rotatable bonds is 4. The van der Waals surface area contributed by atoms with E-state index in [4.69, 9.17) is 5.73 Å². The summed E-state index contributed by atoms with van der Waals surface area (Å²) in [5.74, 6) is 0.0771. The maximum Gasteiger partial charge on any atom is 0.220 e. The summed E-state index contributed by atoms with van der Waals surface area (Å²) in [6.07, 6.45) is 1.19. The Bertz CT molecular complexity index is 334. The molecule has 0 unspecified atom stereocenters. The van der Waals surface area contributed by atoms with E-state index in [2.05, 4.69) is 5.32 Å². The number of aryl methyl sites for hydroxylation is 1. The van der Waals surface area contributed by atoms with E-state index in [0.717, 1.165) is 11.3 Å². The number of hydrogen-bond acceptors (Lipinski definition) is 2. The topological polar surface area (TPSA) is 55.1 Å². The van der Waals surface area contributed by atoms with Crippen molar-refractivity contribution in [2.45, 2.75) is 32.7 Å². The van der Waals surface area contributed by atoms with Crippen molar-refractivity contribution in [3.05, 3.63) is 29.8 Å². The minimum atomic E-state index is 0.0771. The molecule has 0 atom stereocenters. The number of benzene rings is 1. The molecule has 0 aliphatic rings. The van der Waals surface area contributed by atoms with Gasteiger partial charge in [0.15, 0.2) is 0 Å². The average molecular weight is 206 g/mol. The fraction of sp³-hybridized carbons (Fsp3) is 0.417. The second-order valence-electron chi connectivity index (χ2n) is 3.92. The number of nitrogen functional groups attached to an aromatic ring is 1. The monoisotopic (exact) mass is 206 g/mol. The van der Waals surface area contributed by atoms with Gasteiger partial charge in [0, 0.05) is 18.2 Å². The molecule has 0 aromatic heterocycles. The second kappa shape index (κ2) is 5.39. The number of para-hydroxylation sites is 1. The van der Waals surface area contributed by atoms with Crippen LogP contribution in [0.25, 0.3) is 0 Å². The summed E-state index contributed by atoms with van der Waals surface area (Å²) < 4.78 is 0. The molecule has 3 N–H and O–H groups in total. The first-order valence-electron chi connectivity index (χ1n) is 5.22. The van der Waals surface area contributed by atoms with Crippen LogP contribution in [0.2, 0.25) is 0 Å². The van der Waals surface area contributed by atoms with Gasteiger partial charge in [-0.05, 0) is 31.9 Å². The molecule has 15 heavy (non-hydrogen) atoms. The molecule has 1 aromatic rings. The second-order valence-corrected chi connectivity index (χ2v) is 3.92. The van der Waals surface area contributed by atoms with Crippen LogP contribution in [-0.2, 0) is 11.2 Å². The molecular formula is C12H18N2O. The van der Waals surface area contributed by atoms with Crippen LogP contribution in [0, 0.1) is 0 Å². The van der Waals surface area contributed by atoms with Crippen molar-refractivity contribution in [3.63, 3.8) is 0 Å². The van der Waals surface area contributed by atoms with Gasteiger partial charge in [0.05, 0.1) is 0 Å². The normalized spacial score (nSPS) is 10.3. The maximum absolute atomic E-state index is 11.4. The third kappa shape index (κ3) is 4.02. The van der Waals surface area contributed by atoms with Crippen LogP contribution < -0.4 is 11.1 Å². The minimum absolute atomic E-state index is 0.0771. The number of anilines is 1. The zero-order valence-corrected chi connectivity index (χ0v) is 9.29. The van der Waals surface area contributed by atoms with E-state index in [-0.39, 0.29) is 11.9 Å². The molecule has 0 saturated carbocycles. The van der Waals surface area contributed by atoms with Gasteiger partial charge in [-0.15, -0.1) is 0 Å². The number of nitrogens with one attached hydrogen (secondary N) is 1. The van der Waals surface area contributed by atoms with E-state index in [0.29, 0.717) is 12.8 Å². The molecule has 0 radical (unpaired) electrons. The fourth-order valence-electron chi connectivity index (χ4n) is 1.40. The first-order chi connectivity index (χ1) is 7.09. The lowest BCUT2D eigenvalue weighted by atomic mass is 10.1. The van der Waals surface area contributed by atoms with Gasteiger partial charge in [-0.2, -0.15) is 0 Å². The molecule has 0 bridgehead atoms. The Morgan fingerprint density at radius 2 is 2.07 bits per heavy atom. The van der Waals surface area contributed by atoms with Gasteiger partial charge in [-0.1, -0.05) is 18.2 Å². The molecule has 1 amide bonds. The van der Waals surface area contributed by atoms with Gasteiger partial charge >= 0.3 is 0 Å². The molecule has 3 heteroatoms. The van der Waals surface area contributed by atoms with Gasteiger partial charge in [0.25, 0.3) is 0 Å². The highest BCUT2D eigenvalue weighted by Crippen LogP contribution is 2.12. The Kier molecular flexibility index (Phi) is 4.16. The highest BCUT2D eigenvalue weighted by Gasteiger charge is 2.04. The zero-order chi connectivity index (χ0) is 11.3. The van der Waals surface area contributed by atoms with Crippen molar-refractivity contribution in [3.8, 4) is 0 Å². The summed E-state index contributed by atoms with van der Waals surface area (Å²) in [7, 11) is 0. The molecular weight excluding hydrogens is 188 g/mol. The Morgan fingerprint density at radius 3 is 2.67 bits per heavy atom. The van der Waals surface area contributed by atoms with Crippen LogP contribution >= 0.6 is 0 Å². The van der Waals surface area contributed by atoms with Crippen molar-refractivity contribution in [2.24, 2.45) is 0 Å². The Hall–Kier alpha value is -1.51. The lowest BCUT2D eigenvalue weighted by Crippen LogP contribution is -2.30. The molecule has 82 valence electrons. The number of nitrogens with two attached hydrogens (primary N) is 1. The van der Waals surface area contributed by atoms with Gasteiger partial charge in [-0.25, -0.2) is 0 Å². The molecule has 1 aromatic carbocycles. The molecule has 0 saturated heterocycles. The first kappa shape index (κ1) is 11.6. The highest BCUT2D eigenvalue weighted by atomic mass is 16.1. The molecule has 0 fully saturated rings. The quantitative estimate of drug-likeness (QED) is 0.737. The van der Waals surface area contributed by atoms with Crippen molar-refractivity contribution < 1.29 is 4.79 Å². The fourth-order valence-corrected chi connectivity index (χ4v) is 1.40. The molecule has 3 nitrogen and oxygen atoms in total. The van der Waals surface area contributed by atoms with Gasteiger partial charge in [-0.3, -0.25) is 4.79 Å². The average Bonchev–Trinajstić information content (AvgIpc) is 2.15. The zero-order valence-electron chi connectivity index (χ0n) is 9.29. The standard InChI is InChI=1S/C12H18N2O/c1-9(2)14-12(15)8-7-10-5-3-4-6-11(10)13/h3-6,9H,7-8,13H2,1-2H3,(H,14,15). The van der Waals surface area contributed by atoms with Gasteiger partial charge in [0.2, 0.25) is 5.91 Å². The predicted octanol–water partition coefficient (Wildman–Crippen LogP) is 1.73. The number of carbonyl (C=O) groups excluding carboxylic acids is 1. The number of carbonyl (C=O) groups is 1. The van der Waals surface area contributed by atoms with E-state index >= 15 is 0 Å². The largest absolute Gasteiger partial charge is 0.399 e. The van der Waals surface area contributed by atoms with Crippen molar-refractivity contribution >= 4 is 11.6 Å².